The molecule has 1 heterocycles. The van der Waals surface area contributed by atoms with Crippen LogP contribution in [0.5, 0.6) is 0 Å². The van der Waals surface area contributed by atoms with E-state index in [-0.39, 0.29) is 41.9 Å². The summed E-state index contributed by atoms with van der Waals surface area (Å²) in [6, 6.07) is 17.5. The van der Waals surface area contributed by atoms with Gasteiger partial charge in [0.05, 0.1) is 11.7 Å². The van der Waals surface area contributed by atoms with Crippen LogP contribution in [-0.4, -0.2) is 31.1 Å². The summed E-state index contributed by atoms with van der Waals surface area (Å²) in [7, 11) is -4.08. The van der Waals surface area contributed by atoms with Crippen LogP contribution < -0.4 is 10.6 Å². The highest BCUT2D eigenvalue weighted by Crippen LogP contribution is 2.38. The number of sulfonamides is 1. The summed E-state index contributed by atoms with van der Waals surface area (Å²) < 4.78 is 42.8. The molecule has 3 aromatic rings. The third kappa shape index (κ3) is 5.63. The van der Waals surface area contributed by atoms with Crippen LogP contribution in [0.1, 0.15) is 41.6 Å². The first-order valence-corrected chi connectivity index (χ1v) is 13.1. The quantitative estimate of drug-likeness (QED) is 0.502. The Kier molecular flexibility index (Phi) is 7.51. The molecular formula is C27H28FN3O4S. The molecule has 0 bridgehead atoms. The highest BCUT2D eigenvalue weighted by molar-refractivity contribution is 7.89. The van der Waals surface area contributed by atoms with Crippen molar-refractivity contribution in [1.82, 2.24) is 9.62 Å². The fourth-order valence-electron chi connectivity index (χ4n) is 4.49. The van der Waals surface area contributed by atoms with Crippen molar-refractivity contribution in [2.45, 2.75) is 44.2 Å². The molecule has 0 aliphatic carbocycles. The maximum atomic E-state index is 14.0. The van der Waals surface area contributed by atoms with E-state index in [1.807, 2.05) is 24.3 Å². The molecule has 1 aliphatic rings. The number of hydrogen-bond acceptors (Lipinski definition) is 4. The lowest BCUT2D eigenvalue weighted by atomic mass is 9.92. The van der Waals surface area contributed by atoms with Crippen LogP contribution in [0.3, 0.4) is 0 Å². The number of halogens is 1. The number of nitrogens with zero attached hydrogens (tertiary/aromatic N) is 1. The molecule has 0 spiro atoms. The molecule has 0 radical (unpaired) electrons. The SMILES string of the molecule is CC(=O)Nc1ccc(C)cc1S(=O)(=O)N1CCc2ccccc2C1CC(=O)NCc1cccc(F)c1. The zero-order chi connectivity index (χ0) is 25.9. The predicted molar refractivity (Wildman–Crippen MR) is 135 cm³/mol. The van der Waals surface area contributed by atoms with E-state index in [4.69, 9.17) is 0 Å². The van der Waals surface area contributed by atoms with E-state index in [0.717, 1.165) is 16.7 Å². The minimum atomic E-state index is -4.08. The lowest BCUT2D eigenvalue weighted by Gasteiger charge is -2.36. The fourth-order valence-corrected chi connectivity index (χ4v) is 6.32. The van der Waals surface area contributed by atoms with Crippen LogP contribution >= 0.6 is 0 Å². The number of nitrogens with one attached hydrogen (secondary N) is 2. The van der Waals surface area contributed by atoms with Crippen molar-refractivity contribution < 1.29 is 22.4 Å². The van der Waals surface area contributed by atoms with Crippen molar-refractivity contribution in [2.75, 3.05) is 11.9 Å². The average molecular weight is 510 g/mol. The van der Waals surface area contributed by atoms with Crippen LogP contribution in [0.4, 0.5) is 10.1 Å². The van der Waals surface area contributed by atoms with Crippen LogP contribution in [0, 0.1) is 12.7 Å². The molecule has 0 saturated heterocycles. The second kappa shape index (κ2) is 10.6. The van der Waals surface area contributed by atoms with Crippen LogP contribution in [-0.2, 0) is 32.6 Å². The molecule has 1 aliphatic heterocycles. The zero-order valence-corrected chi connectivity index (χ0v) is 20.9. The van der Waals surface area contributed by atoms with Crippen molar-refractivity contribution in [2.24, 2.45) is 0 Å². The minimum absolute atomic E-state index is 0.0118. The molecule has 0 fully saturated rings. The third-order valence-electron chi connectivity index (χ3n) is 6.16. The second-order valence-electron chi connectivity index (χ2n) is 8.87. The molecule has 7 nitrogen and oxygen atoms in total. The van der Waals surface area contributed by atoms with E-state index < -0.39 is 21.9 Å². The number of rotatable bonds is 7. The Morgan fingerprint density at radius 2 is 1.83 bits per heavy atom. The van der Waals surface area contributed by atoms with Gasteiger partial charge in [-0.3, -0.25) is 9.59 Å². The van der Waals surface area contributed by atoms with Crippen molar-refractivity contribution in [1.29, 1.82) is 0 Å². The molecule has 36 heavy (non-hydrogen) atoms. The Labute approximate surface area is 210 Å². The lowest BCUT2D eigenvalue weighted by molar-refractivity contribution is -0.122. The summed E-state index contributed by atoms with van der Waals surface area (Å²) in [6.07, 6.45) is 0.394. The lowest BCUT2D eigenvalue weighted by Crippen LogP contribution is -2.42. The van der Waals surface area contributed by atoms with E-state index in [9.17, 15) is 22.4 Å². The standard InChI is InChI=1S/C27H28FN3O4S/c1-18-10-11-24(30-19(2)32)26(14-18)36(34,35)31-13-12-21-7-3-4-9-23(21)25(31)16-27(33)29-17-20-6-5-8-22(28)15-20/h3-11,14-15,25H,12-13,16-17H2,1-2H3,(H,29,33)(H,30,32). The number of carbonyl (C=O) groups is 2. The van der Waals surface area contributed by atoms with E-state index in [2.05, 4.69) is 10.6 Å². The smallest absolute Gasteiger partial charge is 0.245 e. The minimum Gasteiger partial charge on any atom is -0.352 e. The first-order chi connectivity index (χ1) is 17.1. The van der Waals surface area contributed by atoms with Gasteiger partial charge in [-0.1, -0.05) is 42.5 Å². The van der Waals surface area contributed by atoms with Crippen molar-refractivity contribution in [3.63, 3.8) is 0 Å². The number of aryl methyl sites for hydroxylation is 1. The molecule has 188 valence electrons. The Morgan fingerprint density at radius 3 is 2.58 bits per heavy atom. The van der Waals surface area contributed by atoms with Crippen molar-refractivity contribution in [3.05, 3.63) is 94.8 Å². The van der Waals surface area contributed by atoms with Gasteiger partial charge in [0.15, 0.2) is 0 Å². The van der Waals surface area contributed by atoms with Crippen molar-refractivity contribution in [3.8, 4) is 0 Å². The molecule has 0 aromatic heterocycles. The maximum Gasteiger partial charge on any atom is 0.245 e. The maximum absolute atomic E-state index is 14.0. The molecule has 1 atom stereocenters. The summed E-state index contributed by atoms with van der Waals surface area (Å²) in [5.41, 5.74) is 3.28. The first kappa shape index (κ1) is 25.5. The predicted octanol–water partition coefficient (Wildman–Crippen LogP) is 4.09. The van der Waals surface area contributed by atoms with Gasteiger partial charge in [-0.05, 0) is 59.9 Å². The number of benzene rings is 3. The van der Waals surface area contributed by atoms with Gasteiger partial charge in [-0.25, -0.2) is 12.8 Å². The molecule has 0 saturated carbocycles. The molecule has 2 N–H and O–H groups in total. The van der Waals surface area contributed by atoms with Crippen LogP contribution in [0.25, 0.3) is 0 Å². The van der Waals surface area contributed by atoms with Gasteiger partial charge in [-0.15, -0.1) is 0 Å². The molecule has 2 amide bonds. The fraction of sp³-hybridized carbons (Fsp3) is 0.259. The largest absolute Gasteiger partial charge is 0.352 e. The Balaban J connectivity index is 1.66. The number of carbonyl (C=O) groups excluding carboxylic acids is 2. The third-order valence-corrected chi connectivity index (χ3v) is 8.10. The number of anilines is 1. The van der Waals surface area contributed by atoms with Crippen LogP contribution in [0.15, 0.2) is 71.6 Å². The Bertz CT molecular complexity index is 1410. The van der Waals surface area contributed by atoms with Gasteiger partial charge in [0.2, 0.25) is 21.8 Å². The Morgan fingerprint density at radius 1 is 1.06 bits per heavy atom. The van der Waals surface area contributed by atoms with Gasteiger partial charge >= 0.3 is 0 Å². The monoisotopic (exact) mass is 509 g/mol. The number of amides is 2. The molecule has 9 heteroatoms. The summed E-state index contributed by atoms with van der Waals surface area (Å²) in [5.74, 6) is -1.13. The van der Waals surface area contributed by atoms with E-state index >= 15 is 0 Å². The number of hydrogen-bond donors (Lipinski definition) is 2. The van der Waals surface area contributed by atoms with Gasteiger partial charge in [-0.2, -0.15) is 4.31 Å². The first-order valence-electron chi connectivity index (χ1n) is 11.6. The van der Waals surface area contributed by atoms with Gasteiger partial charge < -0.3 is 10.6 Å². The normalized spacial score (nSPS) is 15.7. The topological polar surface area (TPSA) is 95.6 Å². The van der Waals surface area contributed by atoms with E-state index in [1.165, 1.54) is 29.4 Å². The van der Waals surface area contributed by atoms with Crippen molar-refractivity contribution >= 4 is 27.5 Å². The van der Waals surface area contributed by atoms with E-state index in [1.54, 1.807) is 31.2 Å². The number of fused-ring (bicyclic) bond motifs is 1. The van der Waals surface area contributed by atoms with Crippen LogP contribution in [0.2, 0.25) is 0 Å². The van der Waals surface area contributed by atoms with Gasteiger partial charge in [0.25, 0.3) is 0 Å². The highest BCUT2D eigenvalue weighted by atomic mass is 32.2. The van der Waals surface area contributed by atoms with E-state index in [0.29, 0.717) is 12.0 Å². The zero-order valence-electron chi connectivity index (χ0n) is 20.1. The molecule has 4 rings (SSSR count). The molecular weight excluding hydrogens is 481 g/mol. The Hall–Kier alpha value is -3.56. The highest BCUT2D eigenvalue weighted by Gasteiger charge is 2.38. The summed E-state index contributed by atoms with van der Waals surface area (Å²) in [4.78, 5) is 24.7. The summed E-state index contributed by atoms with van der Waals surface area (Å²) in [5, 5.41) is 5.39. The molecule has 1 unspecified atom stereocenters. The van der Waals surface area contributed by atoms with Gasteiger partial charge in [0, 0.05) is 26.4 Å². The second-order valence-corrected chi connectivity index (χ2v) is 10.7. The van der Waals surface area contributed by atoms with Gasteiger partial charge in [0.1, 0.15) is 10.7 Å². The average Bonchev–Trinajstić information content (AvgIpc) is 2.83. The summed E-state index contributed by atoms with van der Waals surface area (Å²) in [6.45, 7) is 3.41. The molecule has 3 aromatic carbocycles. The summed E-state index contributed by atoms with van der Waals surface area (Å²) >= 11 is 0.